The van der Waals surface area contributed by atoms with Crippen molar-refractivity contribution in [1.29, 1.82) is 0 Å². The van der Waals surface area contributed by atoms with Crippen molar-refractivity contribution < 1.29 is 9.53 Å². The molecular formula is C15H22N2O2. The number of hydrogen-bond donors (Lipinski definition) is 1. The van der Waals surface area contributed by atoms with E-state index in [1.807, 2.05) is 35.2 Å². The molecule has 0 aliphatic carbocycles. The third-order valence-corrected chi connectivity index (χ3v) is 3.24. The molecule has 4 heteroatoms. The van der Waals surface area contributed by atoms with Crippen molar-refractivity contribution >= 4 is 5.91 Å². The van der Waals surface area contributed by atoms with E-state index in [9.17, 15) is 4.79 Å². The van der Waals surface area contributed by atoms with E-state index >= 15 is 0 Å². The second kappa shape index (κ2) is 7.26. The zero-order valence-electron chi connectivity index (χ0n) is 11.5. The van der Waals surface area contributed by atoms with Crippen molar-refractivity contribution in [3.63, 3.8) is 0 Å². The highest BCUT2D eigenvalue weighted by atomic mass is 16.5. The first-order chi connectivity index (χ1) is 9.33. The maximum Gasteiger partial charge on any atom is 0.245 e. The summed E-state index contributed by atoms with van der Waals surface area (Å²) in [6, 6.07) is 9.69. The van der Waals surface area contributed by atoms with Gasteiger partial charge in [0.1, 0.15) is 6.04 Å². The van der Waals surface area contributed by atoms with Crippen LogP contribution < -0.4 is 5.32 Å². The minimum Gasteiger partial charge on any atom is -0.381 e. The molecule has 0 radical (unpaired) electrons. The van der Waals surface area contributed by atoms with Gasteiger partial charge >= 0.3 is 0 Å². The summed E-state index contributed by atoms with van der Waals surface area (Å²) < 4.78 is 5.43. The number of nitrogens with one attached hydrogen (secondary N) is 1. The van der Waals surface area contributed by atoms with Crippen molar-refractivity contribution in [3.8, 4) is 0 Å². The number of nitrogens with zero attached hydrogens (tertiary/aromatic N) is 1. The summed E-state index contributed by atoms with van der Waals surface area (Å²) in [5.41, 5.74) is 1.04. The molecule has 4 nitrogen and oxygen atoms in total. The first-order valence-electron chi connectivity index (χ1n) is 6.97. The standard InChI is InChI=1S/C15H22N2O2/c1-2-10-19-11-6-9-17-12-16-14(15(17)18)13-7-4-3-5-8-13/h3-5,7-8,14,16H,2,6,9-12H2,1H3. The highest BCUT2D eigenvalue weighted by molar-refractivity contribution is 5.85. The Morgan fingerprint density at radius 2 is 2.11 bits per heavy atom. The molecule has 104 valence electrons. The molecule has 0 aromatic heterocycles. The largest absolute Gasteiger partial charge is 0.381 e. The number of carbonyl (C=O) groups excluding carboxylic acids is 1. The first-order valence-corrected chi connectivity index (χ1v) is 6.97. The Balaban J connectivity index is 1.78. The molecule has 19 heavy (non-hydrogen) atoms. The summed E-state index contributed by atoms with van der Waals surface area (Å²) in [7, 11) is 0. The highest BCUT2D eigenvalue weighted by Gasteiger charge is 2.31. The molecule has 0 bridgehead atoms. The van der Waals surface area contributed by atoms with E-state index in [0.717, 1.165) is 38.2 Å². The zero-order valence-corrected chi connectivity index (χ0v) is 11.5. The molecule has 1 saturated heterocycles. The molecule has 1 N–H and O–H groups in total. The lowest BCUT2D eigenvalue weighted by Crippen LogP contribution is -2.28. The number of rotatable bonds is 7. The van der Waals surface area contributed by atoms with Crippen LogP contribution in [0, 0.1) is 0 Å². The molecule has 1 amide bonds. The lowest BCUT2D eigenvalue weighted by Gasteiger charge is -2.15. The van der Waals surface area contributed by atoms with Crippen LogP contribution in [0.1, 0.15) is 31.4 Å². The number of ether oxygens (including phenoxy) is 1. The summed E-state index contributed by atoms with van der Waals surface area (Å²) in [6.45, 7) is 5.02. The number of carbonyl (C=O) groups is 1. The predicted molar refractivity (Wildman–Crippen MR) is 74.6 cm³/mol. The van der Waals surface area contributed by atoms with E-state index in [2.05, 4.69) is 12.2 Å². The minimum atomic E-state index is -0.183. The van der Waals surface area contributed by atoms with Gasteiger partial charge in [-0.3, -0.25) is 10.1 Å². The van der Waals surface area contributed by atoms with Crippen molar-refractivity contribution in [2.75, 3.05) is 26.4 Å². The summed E-state index contributed by atoms with van der Waals surface area (Å²) in [6.07, 6.45) is 1.94. The number of benzene rings is 1. The fourth-order valence-corrected chi connectivity index (χ4v) is 2.25. The second-order valence-electron chi connectivity index (χ2n) is 4.77. The van der Waals surface area contributed by atoms with Crippen LogP contribution in [-0.2, 0) is 9.53 Å². The molecule has 1 aliphatic heterocycles. The molecule has 1 aliphatic rings. The summed E-state index contributed by atoms with van der Waals surface area (Å²) in [4.78, 5) is 14.1. The SMILES string of the molecule is CCCOCCCN1CNC(c2ccccc2)C1=O. The lowest BCUT2D eigenvalue weighted by atomic mass is 10.1. The second-order valence-corrected chi connectivity index (χ2v) is 4.77. The van der Waals surface area contributed by atoms with E-state index in [4.69, 9.17) is 4.74 Å². The fourth-order valence-electron chi connectivity index (χ4n) is 2.25. The molecule has 1 aromatic carbocycles. The van der Waals surface area contributed by atoms with Gasteiger partial charge in [0.15, 0.2) is 0 Å². The molecule has 1 aromatic rings. The van der Waals surface area contributed by atoms with Crippen molar-refractivity contribution in [2.24, 2.45) is 0 Å². The Bertz CT molecular complexity index is 394. The summed E-state index contributed by atoms with van der Waals surface area (Å²) in [5, 5.41) is 3.26. The fraction of sp³-hybridized carbons (Fsp3) is 0.533. The topological polar surface area (TPSA) is 41.6 Å². The third kappa shape index (κ3) is 3.78. The van der Waals surface area contributed by atoms with Gasteiger partial charge in [0.2, 0.25) is 5.91 Å². The maximum atomic E-state index is 12.2. The van der Waals surface area contributed by atoms with Crippen LogP contribution in [0.3, 0.4) is 0 Å². The van der Waals surface area contributed by atoms with Crippen LogP contribution in [0.5, 0.6) is 0 Å². The van der Waals surface area contributed by atoms with Crippen LogP contribution in [0.2, 0.25) is 0 Å². The summed E-state index contributed by atoms with van der Waals surface area (Å²) >= 11 is 0. The highest BCUT2D eigenvalue weighted by Crippen LogP contribution is 2.20. The Labute approximate surface area is 114 Å². The molecule has 2 rings (SSSR count). The van der Waals surface area contributed by atoms with Gasteiger partial charge in [-0.2, -0.15) is 0 Å². The summed E-state index contributed by atoms with van der Waals surface area (Å²) in [5.74, 6) is 0.168. The number of amides is 1. The van der Waals surface area contributed by atoms with Crippen molar-refractivity contribution in [1.82, 2.24) is 10.2 Å². The Morgan fingerprint density at radius 3 is 2.84 bits per heavy atom. The average molecular weight is 262 g/mol. The Hall–Kier alpha value is -1.39. The predicted octanol–water partition coefficient (Wildman–Crippen LogP) is 1.93. The Morgan fingerprint density at radius 1 is 1.32 bits per heavy atom. The maximum absolute atomic E-state index is 12.2. The minimum absolute atomic E-state index is 0.168. The molecule has 1 unspecified atom stereocenters. The van der Waals surface area contributed by atoms with Gasteiger partial charge in [-0.1, -0.05) is 37.3 Å². The van der Waals surface area contributed by atoms with E-state index in [-0.39, 0.29) is 11.9 Å². The van der Waals surface area contributed by atoms with E-state index < -0.39 is 0 Å². The van der Waals surface area contributed by atoms with Crippen molar-refractivity contribution in [3.05, 3.63) is 35.9 Å². The van der Waals surface area contributed by atoms with Gasteiger partial charge in [0.05, 0.1) is 6.67 Å². The molecule has 0 saturated carbocycles. The smallest absolute Gasteiger partial charge is 0.245 e. The van der Waals surface area contributed by atoms with Crippen molar-refractivity contribution in [2.45, 2.75) is 25.8 Å². The van der Waals surface area contributed by atoms with Gasteiger partial charge < -0.3 is 9.64 Å². The van der Waals surface area contributed by atoms with Crippen LogP contribution in [0.15, 0.2) is 30.3 Å². The lowest BCUT2D eigenvalue weighted by molar-refractivity contribution is -0.129. The van der Waals surface area contributed by atoms with E-state index in [0.29, 0.717) is 6.67 Å². The first kappa shape index (κ1) is 14.0. The van der Waals surface area contributed by atoms with Gasteiger partial charge in [-0.25, -0.2) is 0 Å². The van der Waals surface area contributed by atoms with Crippen LogP contribution in [0.25, 0.3) is 0 Å². The van der Waals surface area contributed by atoms with Gasteiger partial charge in [-0.05, 0) is 18.4 Å². The van der Waals surface area contributed by atoms with Crippen LogP contribution >= 0.6 is 0 Å². The molecule has 0 spiro atoms. The monoisotopic (exact) mass is 262 g/mol. The number of hydrogen-bond acceptors (Lipinski definition) is 3. The van der Waals surface area contributed by atoms with Gasteiger partial charge in [0.25, 0.3) is 0 Å². The van der Waals surface area contributed by atoms with E-state index in [1.165, 1.54) is 0 Å². The quantitative estimate of drug-likeness (QED) is 0.763. The molecule has 1 heterocycles. The van der Waals surface area contributed by atoms with E-state index in [1.54, 1.807) is 0 Å². The Kier molecular flexibility index (Phi) is 5.36. The molecular weight excluding hydrogens is 240 g/mol. The molecule has 1 fully saturated rings. The zero-order chi connectivity index (χ0) is 13.5. The normalized spacial score (nSPS) is 19.1. The van der Waals surface area contributed by atoms with Crippen LogP contribution in [0.4, 0.5) is 0 Å². The van der Waals surface area contributed by atoms with Crippen LogP contribution in [-0.4, -0.2) is 37.2 Å². The average Bonchev–Trinajstić information content (AvgIpc) is 2.81. The molecule has 1 atom stereocenters. The third-order valence-electron chi connectivity index (χ3n) is 3.24. The van der Waals surface area contributed by atoms with Gasteiger partial charge in [-0.15, -0.1) is 0 Å². The van der Waals surface area contributed by atoms with Gasteiger partial charge in [0, 0.05) is 19.8 Å².